The molecule has 7 nitrogen and oxygen atoms in total. The molecule has 164 valence electrons. The van der Waals surface area contributed by atoms with E-state index in [0.29, 0.717) is 17.1 Å². The summed E-state index contributed by atoms with van der Waals surface area (Å²) in [6.07, 6.45) is 1.24. The Morgan fingerprint density at radius 3 is 2.27 bits per heavy atom. The molecule has 1 amide bonds. The number of halogens is 1. The zero-order valence-electron chi connectivity index (χ0n) is 17.7. The van der Waals surface area contributed by atoms with E-state index in [-0.39, 0.29) is 12.1 Å². The second-order valence-electron chi connectivity index (χ2n) is 6.80. The average Bonchev–Trinajstić information content (AvgIpc) is 2.71. The van der Waals surface area contributed by atoms with Crippen LogP contribution in [0.3, 0.4) is 0 Å². The number of nitrogens with zero attached hydrogens (tertiary/aromatic N) is 1. The van der Waals surface area contributed by atoms with E-state index in [4.69, 9.17) is 9.47 Å². The first-order chi connectivity index (χ1) is 14.1. The van der Waals surface area contributed by atoms with Gasteiger partial charge in [-0.2, -0.15) is 0 Å². The number of benzene rings is 2. The quantitative estimate of drug-likeness (QED) is 0.650. The topological polar surface area (TPSA) is 84.9 Å². The van der Waals surface area contributed by atoms with E-state index in [1.165, 1.54) is 26.4 Å². The molecule has 0 aliphatic heterocycles. The molecular weight excluding hydrogens is 411 g/mol. The second-order valence-corrected chi connectivity index (χ2v) is 8.66. The van der Waals surface area contributed by atoms with Crippen molar-refractivity contribution in [2.45, 2.75) is 32.4 Å². The minimum absolute atomic E-state index is 0.215. The van der Waals surface area contributed by atoms with E-state index in [1.807, 2.05) is 0 Å². The third-order valence-corrected chi connectivity index (χ3v) is 5.85. The maximum absolute atomic E-state index is 13.3. The largest absolute Gasteiger partial charge is 0.497 e. The number of carbonyl (C=O) groups is 1. The van der Waals surface area contributed by atoms with Crippen molar-refractivity contribution in [2.24, 2.45) is 0 Å². The highest BCUT2D eigenvalue weighted by Gasteiger charge is 2.32. The lowest BCUT2D eigenvalue weighted by molar-refractivity contribution is -0.122. The fourth-order valence-corrected chi connectivity index (χ4v) is 4.43. The van der Waals surface area contributed by atoms with E-state index >= 15 is 0 Å². The summed E-state index contributed by atoms with van der Waals surface area (Å²) in [5.41, 5.74) is 0.903. The third kappa shape index (κ3) is 5.41. The summed E-state index contributed by atoms with van der Waals surface area (Å²) in [4.78, 5) is 13.1. The van der Waals surface area contributed by atoms with Crippen molar-refractivity contribution < 1.29 is 27.1 Å². The highest BCUT2D eigenvalue weighted by molar-refractivity contribution is 7.92. The van der Waals surface area contributed by atoms with Gasteiger partial charge in [0, 0.05) is 5.56 Å². The minimum atomic E-state index is -3.81. The molecular formula is C21H27FN2O5S. The highest BCUT2D eigenvalue weighted by atomic mass is 32.2. The summed E-state index contributed by atoms with van der Waals surface area (Å²) in [5, 5.41) is 2.85. The molecule has 0 radical (unpaired) electrons. The molecule has 2 aromatic carbocycles. The van der Waals surface area contributed by atoms with Crippen molar-refractivity contribution in [1.29, 1.82) is 0 Å². The molecule has 0 saturated heterocycles. The highest BCUT2D eigenvalue weighted by Crippen LogP contribution is 2.30. The summed E-state index contributed by atoms with van der Waals surface area (Å²) in [6.45, 7) is 3.48. The number of ether oxygens (including phenoxy) is 2. The number of nitrogens with one attached hydrogen (secondary N) is 1. The molecule has 2 atom stereocenters. The number of rotatable bonds is 9. The van der Waals surface area contributed by atoms with Crippen molar-refractivity contribution in [3.63, 3.8) is 0 Å². The number of sulfonamides is 1. The first kappa shape index (κ1) is 23.5. The predicted molar refractivity (Wildman–Crippen MR) is 114 cm³/mol. The average molecular weight is 439 g/mol. The number of carbonyl (C=O) groups excluding carboxylic acids is 1. The van der Waals surface area contributed by atoms with Crippen LogP contribution in [0, 0.1) is 5.82 Å². The zero-order chi connectivity index (χ0) is 22.5. The van der Waals surface area contributed by atoms with Crippen molar-refractivity contribution >= 4 is 21.6 Å². The van der Waals surface area contributed by atoms with Crippen LogP contribution < -0.4 is 19.1 Å². The Kier molecular flexibility index (Phi) is 7.66. The van der Waals surface area contributed by atoms with Crippen LogP contribution >= 0.6 is 0 Å². The Morgan fingerprint density at radius 1 is 1.13 bits per heavy atom. The van der Waals surface area contributed by atoms with Gasteiger partial charge >= 0.3 is 0 Å². The maximum Gasteiger partial charge on any atom is 0.244 e. The van der Waals surface area contributed by atoms with Gasteiger partial charge < -0.3 is 14.8 Å². The molecule has 0 aliphatic carbocycles. The second kappa shape index (κ2) is 9.80. The van der Waals surface area contributed by atoms with Crippen LogP contribution in [0.2, 0.25) is 0 Å². The van der Waals surface area contributed by atoms with Gasteiger partial charge in [0.1, 0.15) is 23.4 Å². The Hall–Kier alpha value is -2.81. The van der Waals surface area contributed by atoms with Gasteiger partial charge in [0.25, 0.3) is 0 Å². The molecule has 30 heavy (non-hydrogen) atoms. The Balaban J connectivity index is 2.35. The van der Waals surface area contributed by atoms with Gasteiger partial charge in [-0.05, 0) is 55.8 Å². The third-order valence-electron chi connectivity index (χ3n) is 4.67. The fraction of sp³-hybridized carbons (Fsp3) is 0.381. The van der Waals surface area contributed by atoms with Gasteiger partial charge in [-0.3, -0.25) is 9.10 Å². The van der Waals surface area contributed by atoms with Crippen molar-refractivity contribution in [3.8, 4) is 11.5 Å². The predicted octanol–water partition coefficient (Wildman–Crippen LogP) is 3.26. The lowest BCUT2D eigenvalue weighted by Crippen LogP contribution is -2.49. The number of amides is 1. The Labute approximate surface area is 176 Å². The van der Waals surface area contributed by atoms with Crippen LogP contribution in [-0.2, 0) is 14.8 Å². The lowest BCUT2D eigenvalue weighted by atomic mass is 10.1. The van der Waals surface area contributed by atoms with Crippen LogP contribution in [-0.4, -0.2) is 40.8 Å². The summed E-state index contributed by atoms with van der Waals surface area (Å²) in [5.74, 6) is 0.186. The Morgan fingerprint density at radius 2 is 1.77 bits per heavy atom. The van der Waals surface area contributed by atoms with Gasteiger partial charge in [0.05, 0.1) is 32.2 Å². The molecule has 9 heteroatoms. The number of anilines is 1. The van der Waals surface area contributed by atoms with E-state index in [1.54, 1.807) is 32.0 Å². The minimum Gasteiger partial charge on any atom is -0.497 e. The standard InChI is InChI=1S/C21H27FN2O5S/c1-6-19(24(30(5,26)27)16-9-7-15(22)8-10-16)21(25)23-14(2)18-13-17(28-3)11-12-20(18)29-4/h7-14,19H,6H2,1-5H3,(H,23,25)/t14-,19+/m0/s1. The lowest BCUT2D eigenvalue weighted by Gasteiger charge is -2.31. The van der Waals surface area contributed by atoms with Crippen molar-refractivity contribution in [3.05, 3.63) is 53.8 Å². The molecule has 0 aromatic heterocycles. The van der Waals surface area contributed by atoms with E-state index < -0.39 is 33.8 Å². The maximum atomic E-state index is 13.3. The molecule has 1 N–H and O–H groups in total. The molecule has 2 aromatic rings. The normalized spacial score (nSPS) is 13.3. The molecule has 0 spiro atoms. The van der Waals surface area contributed by atoms with E-state index in [9.17, 15) is 17.6 Å². The number of hydrogen-bond donors (Lipinski definition) is 1. The smallest absolute Gasteiger partial charge is 0.244 e. The molecule has 0 fully saturated rings. The molecule has 0 aliphatic rings. The van der Waals surface area contributed by atoms with Gasteiger partial charge in [0.15, 0.2) is 0 Å². The van der Waals surface area contributed by atoms with Crippen molar-refractivity contribution in [2.75, 3.05) is 24.8 Å². The molecule has 2 rings (SSSR count). The molecule has 0 heterocycles. The summed E-state index contributed by atoms with van der Waals surface area (Å²) < 4.78 is 49.9. The van der Waals surface area contributed by atoms with E-state index in [2.05, 4.69) is 5.32 Å². The fourth-order valence-electron chi connectivity index (χ4n) is 3.21. The van der Waals surface area contributed by atoms with Crippen LogP contribution in [0.5, 0.6) is 11.5 Å². The first-order valence-corrected chi connectivity index (χ1v) is 11.2. The van der Waals surface area contributed by atoms with Crippen LogP contribution in [0.15, 0.2) is 42.5 Å². The summed E-state index contributed by atoms with van der Waals surface area (Å²) >= 11 is 0. The van der Waals surface area contributed by atoms with E-state index in [0.717, 1.165) is 22.7 Å². The summed E-state index contributed by atoms with van der Waals surface area (Å²) in [7, 11) is -0.747. The van der Waals surface area contributed by atoms with Crippen LogP contribution in [0.4, 0.5) is 10.1 Å². The van der Waals surface area contributed by atoms with Crippen molar-refractivity contribution in [1.82, 2.24) is 5.32 Å². The number of hydrogen-bond acceptors (Lipinski definition) is 5. The molecule has 0 bridgehead atoms. The monoisotopic (exact) mass is 438 g/mol. The number of methoxy groups -OCH3 is 2. The van der Waals surface area contributed by atoms with Gasteiger partial charge in [-0.25, -0.2) is 12.8 Å². The Bertz CT molecular complexity index is 979. The molecule has 0 unspecified atom stereocenters. The SMILES string of the molecule is CC[C@H](C(=O)N[C@@H](C)c1cc(OC)ccc1OC)N(c1ccc(F)cc1)S(C)(=O)=O. The first-order valence-electron chi connectivity index (χ1n) is 9.39. The van der Waals surface area contributed by atoms with Gasteiger partial charge in [-0.1, -0.05) is 6.92 Å². The van der Waals surface area contributed by atoms with Crippen LogP contribution in [0.1, 0.15) is 31.9 Å². The van der Waals surface area contributed by atoms with Crippen LogP contribution in [0.25, 0.3) is 0 Å². The van der Waals surface area contributed by atoms with Gasteiger partial charge in [0.2, 0.25) is 15.9 Å². The van der Waals surface area contributed by atoms with Gasteiger partial charge in [-0.15, -0.1) is 0 Å². The molecule has 0 saturated carbocycles. The zero-order valence-corrected chi connectivity index (χ0v) is 18.5. The summed E-state index contributed by atoms with van der Waals surface area (Å²) in [6, 6.07) is 8.71.